The molecule has 1 heterocycles. The van der Waals surface area contributed by atoms with Gasteiger partial charge in [-0.25, -0.2) is 4.79 Å². The highest BCUT2D eigenvalue weighted by atomic mass is 16.7. The number of rotatable bonds is 1. The van der Waals surface area contributed by atoms with Gasteiger partial charge in [-0.15, -0.1) is 0 Å². The van der Waals surface area contributed by atoms with Crippen molar-refractivity contribution < 1.29 is 19.7 Å². The van der Waals surface area contributed by atoms with Crippen LogP contribution in [0.1, 0.15) is 53.4 Å². The minimum Gasteiger partial charge on any atom is -0.429 e. The molecule has 2 unspecified atom stereocenters. The van der Waals surface area contributed by atoms with E-state index in [4.69, 9.17) is 4.74 Å². The van der Waals surface area contributed by atoms with Gasteiger partial charge in [-0.3, -0.25) is 0 Å². The molecule has 1 aliphatic heterocycles. The van der Waals surface area contributed by atoms with Crippen molar-refractivity contribution in [3.05, 3.63) is 22.8 Å². The number of fused-ring (bicyclic) bond motifs is 1. The standard InChI is InChI=1S/C20H28O4/c1-10(2)16-14-6-5-12-17-13(8-19(14,4)9-15(16)21)11(3)7-20(17,23)24-18(12)22/h5,10-11,13,15,17,21,23H,6-9H2,1-4H3/b12-5+/t11-,13?,15-,17?,19-,20+/m0/s1. The van der Waals surface area contributed by atoms with Crippen molar-refractivity contribution in [2.24, 2.45) is 29.1 Å². The van der Waals surface area contributed by atoms with Crippen molar-refractivity contribution in [3.63, 3.8) is 0 Å². The minimum atomic E-state index is -1.32. The quantitative estimate of drug-likeness (QED) is 0.572. The number of esters is 1. The Bertz CT molecular complexity index is 661. The van der Waals surface area contributed by atoms with Crippen LogP contribution in [0.3, 0.4) is 0 Å². The number of hydrogen-bond donors (Lipinski definition) is 2. The third-order valence-electron chi connectivity index (χ3n) is 7.01. The largest absolute Gasteiger partial charge is 0.429 e. The van der Waals surface area contributed by atoms with Gasteiger partial charge in [0.2, 0.25) is 5.79 Å². The van der Waals surface area contributed by atoms with E-state index in [1.807, 2.05) is 6.08 Å². The molecule has 24 heavy (non-hydrogen) atoms. The molecule has 2 fully saturated rings. The smallest absolute Gasteiger partial charge is 0.336 e. The monoisotopic (exact) mass is 332 g/mol. The van der Waals surface area contributed by atoms with Gasteiger partial charge in [-0.1, -0.05) is 39.3 Å². The van der Waals surface area contributed by atoms with E-state index < -0.39 is 5.79 Å². The van der Waals surface area contributed by atoms with Gasteiger partial charge in [-0.2, -0.15) is 0 Å². The van der Waals surface area contributed by atoms with Crippen LogP contribution in [-0.2, 0) is 9.53 Å². The van der Waals surface area contributed by atoms with E-state index in [0.717, 1.165) is 18.4 Å². The summed E-state index contributed by atoms with van der Waals surface area (Å²) in [5.41, 5.74) is 3.06. The Labute approximate surface area is 143 Å². The van der Waals surface area contributed by atoms with Gasteiger partial charge in [0.1, 0.15) is 0 Å². The second-order valence-corrected chi connectivity index (χ2v) is 8.99. The predicted octanol–water partition coefficient (Wildman–Crippen LogP) is 2.95. The fourth-order valence-corrected chi connectivity index (χ4v) is 6.10. The van der Waals surface area contributed by atoms with Gasteiger partial charge < -0.3 is 14.9 Å². The molecular weight excluding hydrogens is 304 g/mol. The SMILES string of the molecule is CC(C)C1=C2C/C=C3/C(=O)O[C@]4(O)C[C@H](C)C(C[C@@]2(C)C[C@@H]1O)C34. The van der Waals surface area contributed by atoms with E-state index in [1.165, 1.54) is 5.57 Å². The van der Waals surface area contributed by atoms with Crippen LogP contribution in [0.15, 0.2) is 22.8 Å². The molecule has 0 spiro atoms. The molecule has 3 aliphatic carbocycles. The maximum atomic E-state index is 12.3. The number of aliphatic hydroxyl groups excluding tert-OH is 1. The molecule has 0 aromatic carbocycles. The first kappa shape index (κ1) is 16.3. The second kappa shape index (κ2) is 4.95. The molecule has 132 valence electrons. The van der Waals surface area contributed by atoms with Crippen molar-refractivity contribution >= 4 is 5.97 Å². The summed E-state index contributed by atoms with van der Waals surface area (Å²) in [6, 6.07) is 0. The van der Waals surface area contributed by atoms with Crippen molar-refractivity contribution in [2.75, 3.05) is 0 Å². The van der Waals surface area contributed by atoms with Crippen molar-refractivity contribution in [3.8, 4) is 0 Å². The Morgan fingerprint density at radius 1 is 1.29 bits per heavy atom. The zero-order chi connectivity index (χ0) is 17.4. The van der Waals surface area contributed by atoms with Gasteiger partial charge >= 0.3 is 5.97 Å². The summed E-state index contributed by atoms with van der Waals surface area (Å²) >= 11 is 0. The molecule has 4 heteroatoms. The van der Waals surface area contributed by atoms with Gasteiger partial charge in [0.25, 0.3) is 0 Å². The van der Waals surface area contributed by atoms with Crippen LogP contribution in [0.2, 0.25) is 0 Å². The lowest BCUT2D eigenvalue weighted by Crippen LogP contribution is -2.34. The van der Waals surface area contributed by atoms with Gasteiger partial charge in [-0.05, 0) is 48.0 Å². The zero-order valence-electron chi connectivity index (χ0n) is 15.0. The first-order valence-electron chi connectivity index (χ1n) is 9.23. The summed E-state index contributed by atoms with van der Waals surface area (Å²) in [6.07, 6.45) is 4.44. The fraction of sp³-hybridized carbons (Fsp3) is 0.750. The molecule has 4 aliphatic rings. The Morgan fingerprint density at radius 3 is 2.67 bits per heavy atom. The average molecular weight is 332 g/mol. The molecule has 4 rings (SSSR count). The number of hydrogen-bond acceptors (Lipinski definition) is 4. The molecular formula is C20H28O4. The van der Waals surface area contributed by atoms with Crippen LogP contribution in [0.4, 0.5) is 0 Å². The molecule has 2 N–H and O–H groups in total. The lowest BCUT2D eigenvalue weighted by Gasteiger charge is -2.36. The maximum absolute atomic E-state index is 12.3. The number of aliphatic hydroxyl groups is 2. The third-order valence-corrected chi connectivity index (χ3v) is 7.01. The molecule has 0 aromatic heterocycles. The molecule has 1 saturated heterocycles. The van der Waals surface area contributed by atoms with Crippen molar-refractivity contribution in [1.29, 1.82) is 0 Å². The van der Waals surface area contributed by atoms with Crippen LogP contribution in [0.25, 0.3) is 0 Å². The molecule has 0 aromatic rings. The van der Waals surface area contributed by atoms with E-state index in [9.17, 15) is 15.0 Å². The maximum Gasteiger partial charge on any atom is 0.336 e. The summed E-state index contributed by atoms with van der Waals surface area (Å²) in [4.78, 5) is 12.3. The summed E-state index contributed by atoms with van der Waals surface area (Å²) in [5.74, 6) is -1.06. The summed E-state index contributed by atoms with van der Waals surface area (Å²) in [5, 5.41) is 21.5. The van der Waals surface area contributed by atoms with Crippen LogP contribution >= 0.6 is 0 Å². The highest BCUT2D eigenvalue weighted by Gasteiger charge is 2.63. The van der Waals surface area contributed by atoms with Crippen molar-refractivity contribution in [1.82, 2.24) is 0 Å². The van der Waals surface area contributed by atoms with Crippen LogP contribution in [0.5, 0.6) is 0 Å². The first-order valence-corrected chi connectivity index (χ1v) is 9.23. The number of allylic oxidation sites excluding steroid dienone is 2. The summed E-state index contributed by atoms with van der Waals surface area (Å²) in [6.45, 7) is 8.66. The normalized spacial score (nSPS) is 49.5. The molecule has 6 atom stereocenters. The minimum absolute atomic E-state index is 0.0587. The average Bonchev–Trinajstić information content (AvgIpc) is 2.91. The van der Waals surface area contributed by atoms with E-state index in [-0.39, 0.29) is 29.3 Å². The van der Waals surface area contributed by atoms with Crippen LogP contribution < -0.4 is 0 Å². The van der Waals surface area contributed by atoms with E-state index >= 15 is 0 Å². The third kappa shape index (κ3) is 2.02. The van der Waals surface area contributed by atoms with E-state index in [2.05, 4.69) is 27.7 Å². The Balaban J connectivity index is 1.85. The summed E-state index contributed by atoms with van der Waals surface area (Å²) < 4.78 is 5.40. The number of carbonyl (C=O) groups is 1. The van der Waals surface area contributed by atoms with Crippen molar-refractivity contribution in [2.45, 2.75) is 65.3 Å². The molecule has 0 radical (unpaired) electrons. The molecule has 1 saturated carbocycles. The Morgan fingerprint density at radius 2 is 2.00 bits per heavy atom. The molecule has 4 nitrogen and oxygen atoms in total. The van der Waals surface area contributed by atoms with Crippen LogP contribution in [0, 0.1) is 29.1 Å². The van der Waals surface area contributed by atoms with Gasteiger partial charge in [0.15, 0.2) is 0 Å². The summed E-state index contributed by atoms with van der Waals surface area (Å²) in [7, 11) is 0. The lowest BCUT2D eigenvalue weighted by molar-refractivity contribution is -0.196. The number of carbonyl (C=O) groups excluding carboxylic acids is 1. The predicted molar refractivity (Wildman–Crippen MR) is 89.7 cm³/mol. The lowest BCUT2D eigenvalue weighted by atomic mass is 9.67. The topological polar surface area (TPSA) is 66.8 Å². The Hall–Kier alpha value is -1.13. The fourth-order valence-electron chi connectivity index (χ4n) is 6.10. The van der Waals surface area contributed by atoms with Crippen LogP contribution in [-0.4, -0.2) is 28.1 Å². The van der Waals surface area contributed by atoms with E-state index in [0.29, 0.717) is 30.3 Å². The highest BCUT2D eigenvalue weighted by Crippen LogP contribution is 2.61. The Kier molecular flexibility index (Phi) is 3.37. The molecule has 0 bridgehead atoms. The first-order chi connectivity index (χ1) is 11.2. The van der Waals surface area contributed by atoms with E-state index in [1.54, 1.807) is 0 Å². The second-order valence-electron chi connectivity index (χ2n) is 8.99. The molecule has 0 amide bonds. The van der Waals surface area contributed by atoms with Gasteiger partial charge in [0, 0.05) is 12.0 Å². The van der Waals surface area contributed by atoms with Gasteiger partial charge in [0.05, 0.1) is 12.0 Å². The zero-order valence-corrected chi connectivity index (χ0v) is 15.0. The highest BCUT2D eigenvalue weighted by molar-refractivity contribution is 5.92. The number of ether oxygens (including phenoxy) is 1.